The van der Waals surface area contributed by atoms with Gasteiger partial charge in [-0.05, 0) is 42.1 Å². The maximum atomic E-state index is 12.3. The molecule has 0 saturated carbocycles. The largest absolute Gasteiger partial charge is 0.497 e. The van der Waals surface area contributed by atoms with Crippen LogP contribution in [0.3, 0.4) is 0 Å². The van der Waals surface area contributed by atoms with E-state index in [4.69, 9.17) is 4.74 Å². The molecule has 4 heteroatoms. The third-order valence-electron chi connectivity index (χ3n) is 2.87. The van der Waals surface area contributed by atoms with Crippen LogP contribution in [0.15, 0.2) is 41.3 Å². The fourth-order valence-electron chi connectivity index (χ4n) is 1.73. The van der Waals surface area contributed by atoms with Gasteiger partial charge in [-0.15, -0.1) is 11.3 Å². The number of ketones is 1. The molecular formula is C16H13NO2S. The lowest BCUT2D eigenvalue weighted by Crippen LogP contribution is -2.02. The van der Waals surface area contributed by atoms with Crippen molar-refractivity contribution >= 4 is 23.2 Å². The summed E-state index contributed by atoms with van der Waals surface area (Å²) >= 11 is 1.51. The van der Waals surface area contributed by atoms with E-state index in [1.165, 1.54) is 11.3 Å². The zero-order valence-electron chi connectivity index (χ0n) is 11.2. The van der Waals surface area contributed by atoms with Gasteiger partial charge in [-0.1, -0.05) is 12.1 Å². The number of nitriles is 1. The predicted octanol–water partition coefficient (Wildman–Crippen LogP) is 3.86. The van der Waals surface area contributed by atoms with Gasteiger partial charge in [-0.2, -0.15) is 5.26 Å². The molecule has 0 aliphatic rings. The van der Waals surface area contributed by atoms with Gasteiger partial charge in [0.15, 0.2) is 0 Å². The molecule has 0 aliphatic carbocycles. The molecule has 0 N–H and O–H groups in total. The van der Waals surface area contributed by atoms with Gasteiger partial charge in [0.1, 0.15) is 17.4 Å². The van der Waals surface area contributed by atoms with Gasteiger partial charge in [-0.25, -0.2) is 0 Å². The maximum absolute atomic E-state index is 12.3. The number of allylic oxidation sites excluding steroid dienone is 1. The van der Waals surface area contributed by atoms with Crippen molar-refractivity contribution in [3.05, 3.63) is 57.3 Å². The Labute approximate surface area is 121 Å². The smallest absolute Gasteiger partial charge is 0.203 e. The Balaban J connectivity index is 2.37. The normalized spacial score (nSPS) is 10.9. The molecule has 1 aromatic carbocycles. The number of hydrogen-bond donors (Lipinski definition) is 0. The van der Waals surface area contributed by atoms with Gasteiger partial charge in [0, 0.05) is 10.4 Å². The molecule has 0 aliphatic heterocycles. The van der Waals surface area contributed by atoms with E-state index in [-0.39, 0.29) is 11.4 Å². The van der Waals surface area contributed by atoms with Crippen LogP contribution in [-0.4, -0.2) is 12.9 Å². The lowest BCUT2D eigenvalue weighted by atomic mass is 10.0. The molecule has 0 saturated heterocycles. The summed E-state index contributed by atoms with van der Waals surface area (Å²) in [7, 11) is 1.54. The predicted molar refractivity (Wildman–Crippen MR) is 80.0 cm³/mol. The second kappa shape index (κ2) is 6.18. The van der Waals surface area contributed by atoms with Crippen LogP contribution >= 0.6 is 11.3 Å². The number of carbonyl (C=O) groups is 1. The highest BCUT2D eigenvalue weighted by atomic mass is 32.1. The van der Waals surface area contributed by atoms with Crippen LogP contribution in [0.4, 0.5) is 0 Å². The molecule has 1 aromatic heterocycles. The minimum absolute atomic E-state index is 0.129. The number of rotatable bonds is 4. The van der Waals surface area contributed by atoms with Gasteiger partial charge in [-0.3, -0.25) is 4.79 Å². The Hall–Kier alpha value is -2.38. The Kier molecular flexibility index (Phi) is 4.34. The van der Waals surface area contributed by atoms with Crippen LogP contribution in [0.25, 0.3) is 6.08 Å². The van der Waals surface area contributed by atoms with E-state index >= 15 is 0 Å². The number of ether oxygens (including phenoxy) is 1. The zero-order valence-corrected chi connectivity index (χ0v) is 12.0. The third-order valence-corrected chi connectivity index (χ3v) is 3.84. The third kappa shape index (κ3) is 2.95. The van der Waals surface area contributed by atoms with Crippen LogP contribution in [0.5, 0.6) is 5.75 Å². The molecule has 0 spiro atoms. The summed E-state index contributed by atoms with van der Waals surface area (Å²) in [6.07, 6.45) is 1.64. The summed E-state index contributed by atoms with van der Waals surface area (Å²) in [6.45, 7) is 1.95. The average molecular weight is 283 g/mol. The summed E-state index contributed by atoms with van der Waals surface area (Å²) in [5.74, 6) is 0.305. The van der Waals surface area contributed by atoms with E-state index < -0.39 is 0 Å². The zero-order chi connectivity index (χ0) is 14.5. The van der Waals surface area contributed by atoms with Gasteiger partial charge in [0.25, 0.3) is 0 Å². The van der Waals surface area contributed by atoms with Crippen molar-refractivity contribution in [1.82, 2.24) is 0 Å². The Bertz CT molecular complexity index is 707. The highest BCUT2D eigenvalue weighted by molar-refractivity contribution is 7.11. The first-order valence-corrected chi connectivity index (χ1v) is 6.88. The molecule has 2 aromatic rings. The van der Waals surface area contributed by atoms with E-state index in [1.807, 2.05) is 24.4 Å². The molecular weight excluding hydrogens is 270 g/mol. The first-order valence-electron chi connectivity index (χ1n) is 6.00. The molecule has 1 heterocycles. The fourth-order valence-corrected chi connectivity index (χ4v) is 2.59. The van der Waals surface area contributed by atoms with Crippen molar-refractivity contribution in [3.8, 4) is 11.8 Å². The summed E-state index contributed by atoms with van der Waals surface area (Å²) in [5, 5.41) is 11.1. The van der Waals surface area contributed by atoms with Gasteiger partial charge < -0.3 is 4.74 Å². The number of carbonyl (C=O) groups excluding carboxylic acids is 1. The first kappa shape index (κ1) is 14.0. The Morgan fingerprint density at radius 1 is 1.40 bits per heavy atom. The molecule has 2 rings (SSSR count). The van der Waals surface area contributed by atoms with Crippen LogP contribution in [0.2, 0.25) is 0 Å². The monoisotopic (exact) mass is 283 g/mol. The molecule has 0 bridgehead atoms. The Morgan fingerprint density at radius 2 is 2.20 bits per heavy atom. The lowest BCUT2D eigenvalue weighted by molar-refractivity contribution is 0.103. The van der Waals surface area contributed by atoms with Crippen molar-refractivity contribution in [3.63, 3.8) is 0 Å². The number of methoxy groups -OCH3 is 1. The van der Waals surface area contributed by atoms with E-state index in [0.717, 1.165) is 10.4 Å². The quantitative estimate of drug-likeness (QED) is 0.486. The van der Waals surface area contributed by atoms with Gasteiger partial charge >= 0.3 is 0 Å². The minimum atomic E-state index is -0.292. The number of benzene rings is 1. The van der Waals surface area contributed by atoms with E-state index in [2.05, 4.69) is 0 Å². The van der Waals surface area contributed by atoms with Crippen molar-refractivity contribution in [1.29, 1.82) is 5.26 Å². The topological polar surface area (TPSA) is 50.1 Å². The molecule has 0 radical (unpaired) electrons. The standard InChI is InChI=1S/C16H13NO2S/c1-11-6-7-20-15(11)9-13(10-17)16(18)12-4-3-5-14(8-12)19-2/h3-9H,1-2H3/b13-9+. The second-order valence-electron chi connectivity index (χ2n) is 4.20. The maximum Gasteiger partial charge on any atom is 0.203 e. The average Bonchev–Trinajstić information content (AvgIpc) is 2.89. The molecule has 0 unspecified atom stereocenters. The highest BCUT2D eigenvalue weighted by Gasteiger charge is 2.13. The van der Waals surface area contributed by atoms with E-state index in [1.54, 1.807) is 37.5 Å². The molecule has 3 nitrogen and oxygen atoms in total. The van der Waals surface area contributed by atoms with Crippen LogP contribution in [0.1, 0.15) is 20.8 Å². The minimum Gasteiger partial charge on any atom is -0.497 e. The highest BCUT2D eigenvalue weighted by Crippen LogP contribution is 2.21. The van der Waals surface area contributed by atoms with E-state index in [9.17, 15) is 10.1 Å². The number of Topliss-reactive ketones (excluding diaryl/α,β-unsaturated/α-hetero) is 1. The van der Waals surface area contributed by atoms with Crippen molar-refractivity contribution in [2.24, 2.45) is 0 Å². The SMILES string of the molecule is COc1cccc(C(=O)/C(C#N)=C/c2sccc2C)c1. The summed E-state index contributed by atoms with van der Waals surface area (Å²) in [4.78, 5) is 13.3. The lowest BCUT2D eigenvalue weighted by Gasteiger charge is -2.03. The number of thiophene rings is 1. The van der Waals surface area contributed by atoms with Crippen molar-refractivity contribution in [2.75, 3.05) is 7.11 Å². The van der Waals surface area contributed by atoms with Crippen LogP contribution in [-0.2, 0) is 0 Å². The van der Waals surface area contributed by atoms with Crippen molar-refractivity contribution in [2.45, 2.75) is 6.92 Å². The second-order valence-corrected chi connectivity index (χ2v) is 5.15. The van der Waals surface area contributed by atoms with Gasteiger partial charge in [0.2, 0.25) is 5.78 Å². The molecule has 0 atom stereocenters. The van der Waals surface area contributed by atoms with Crippen LogP contribution < -0.4 is 4.74 Å². The number of aryl methyl sites for hydroxylation is 1. The molecule has 0 fully saturated rings. The molecule has 0 amide bonds. The number of nitrogens with zero attached hydrogens (tertiary/aromatic N) is 1. The number of hydrogen-bond acceptors (Lipinski definition) is 4. The first-order chi connectivity index (χ1) is 9.65. The van der Waals surface area contributed by atoms with E-state index in [0.29, 0.717) is 11.3 Å². The summed E-state index contributed by atoms with van der Waals surface area (Å²) in [5.41, 5.74) is 1.64. The summed E-state index contributed by atoms with van der Waals surface area (Å²) in [6, 6.07) is 10.7. The molecule has 100 valence electrons. The fraction of sp³-hybridized carbons (Fsp3) is 0.125. The van der Waals surface area contributed by atoms with Crippen LogP contribution in [0, 0.1) is 18.3 Å². The summed E-state index contributed by atoms with van der Waals surface area (Å²) < 4.78 is 5.09. The Morgan fingerprint density at radius 3 is 2.80 bits per heavy atom. The van der Waals surface area contributed by atoms with Crippen molar-refractivity contribution < 1.29 is 9.53 Å². The van der Waals surface area contributed by atoms with Gasteiger partial charge in [0.05, 0.1) is 7.11 Å². The molecule has 20 heavy (non-hydrogen) atoms.